The molecule has 3 rings (SSSR count). The molecule has 0 bridgehead atoms. The number of hydrogen-bond donors (Lipinski definition) is 1. The van der Waals surface area contributed by atoms with Crippen molar-refractivity contribution >= 4 is 6.03 Å². The van der Waals surface area contributed by atoms with E-state index in [1.54, 1.807) is 18.1 Å². The van der Waals surface area contributed by atoms with Gasteiger partial charge in [-0.15, -0.1) is 0 Å². The van der Waals surface area contributed by atoms with Crippen molar-refractivity contribution < 1.29 is 9.53 Å². The molecule has 27 heavy (non-hydrogen) atoms. The Hall–Kier alpha value is -3.34. The number of ether oxygens (including phenoxy) is 1. The summed E-state index contributed by atoms with van der Waals surface area (Å²) < 4.78 is 5.77. The summed E-state index contributed by atoms with van der Waals surface area (Å²) in [4.78, 5) is 18.1. The van der Waals surface area contributed by atoms with Crippen molar-refractivity contribution in [2.45, 2.75) is 19.7 Å². The summed E-state index contributed by atoms with van der Waals surface area (Å²) in [6, 6.07) is 23.3. The molecule has 3 aromatic rings. The molecule has 138 valence electrons. The first kappa shape index (κ1) is 18.5. The fourth-order valence-corrected chi connectivity index (χ4v) is 2.63. The maximum absolute atomic E-state index is 12.3. The van der Waals surface area contributed by atoms with E-state index in [2.05, 4.69) is 10.3 Å². The third-order valence-corrected chi connectivity index (χ3v) is 4.06. The zero-order valence-electron chi connectivity index (χ0n) is 15.3. The summed E-state index contributed by atoms with van der Waals surface area (Å²) in [6.07, 6.45) is 1.73. The zero-order chi connectivity index (χ0) is 18.9. The summed E-state index contributed by atoms with van der Waals surface area (Å²) in [7, 11) is 1.76. The molecule has 0 unspecified atom stereocenters. The maximum Gasteiger partial charge on any atom is 0.317 e. The summed E-state index contributed by atoms with van der Waals surface area (Å²) in [5.41, 5.74) is 2.95. The number of carbonyl (C=O) groups excluding carboxylic acids is 1. The van der Waals surface area contributed by atoms with Crippen LogP contribution < -0.4 is 10.1 Å². The Morgan fingerprint density at radius 3 is 2.56 bits per heavy atom. The average Bonchev–Trinajstić information content (AvgIpc) is 2.72. The average molecular weight is 361 g/mol. The molecule has 2 aromatic carbocycles. The molecular weight excluding hydrogens is 338 g/mol. The fraction of sp³-hybridized carbons (Fsp3) is 0.182. The number of rotatable bonds is 7. The fourth-order valence-electron chi connectivity index (χ4n) is 2.63. The lowest BCUT2D eigenvalue weighted by molar-refractivity contribution is 0.206. The monoisotopic (exact) mass is 361 g/mol. The first-order valence-electron chi connectivity index (χ1n) is 8.85. The quantitative estimate of drug-likeness (QED) is 0.692. The van der Waals surface area contributed by atoms with Crippen LogP contribution in [0.4, 0.5) is 4.79 Å². The number of carbonyl (C=O) groups is 1. The normalized spacial score (nSPS) is 10.3. The standard InChI is InChI=1S/C22H23N3O2/c1-25(16-20-10-5-6-13-23-20)22(26)24-15-18-8-7-9-19(14-18)17-27-21-11-3-2-4-12-21/h2-14H,15-17H2,1H3,(H,24,26). The Balaban J connectivity index is 1.49. The summed E-state index contributed by atoms with van der Waals surface area (Å²) in [5.74, 6) is 0.840. The van der Waals surface area contributed by atoms with Crippen molar-refractivity contribution in [1.29, 1.82) is 0 Å². The topological polar surface area (TPSA) is 54.5 Å². The minimum Gasteiger partial charge on any atom is -0.489 e. The van der Waals surface area contributed by atoms with Crippen molar-refractivity contribution in [3.8, 4) is 5.75 Å². The van der Waals surface area contributed by atoms with Gasteiger partial charge in [-0.1, -0.05) is 48.5 Å². The van der Waals surface area contributed by atoms with Crippen LogP contribution in [0.15, 0.2) is 79.0 Å². The number of amides is 2. The van der Waals surface area contributed by atoms with E-state index in [0.29, 0.717) is 19.7 Å². The SMILES string of the molecule is CN(Cc1ccccn1)C(=O)NCc1cccc(COc2ccccc2)c1. The van der Waals surface area contributed by atoms with Crippen LogP contribution in [0.25, 0.3) is 0 Å². The third kappa shape index (κ3) is 5.85. The molecule has 1 heterocycles. The second-order valence-corrected chi connectivity index (χ2v) is 6.26. The smallest absolute Gasteiger partial charge is 0.317 e. The maximum atomic E-state index is 12.3. The van der Waals surface area contributed by atoms with Crippen LogP contribution >= 0.6 is 0 Å². The van der Waals surface area contributed by atoms with Crippen molar-refractivity contribution in [2.75, 3.05) is 7.05 Å². The minimum atomic E-state index is -0.133. The molecule has 5 nitrogen and oxygen atoms in total. The Morgan fingerprint density at radius 1 is 1.00 bits per heavy atom. The first-order chi connectivity index (χ1) is 13.2. The van der Waals surface area contributed by atoms with E-state index in [0.717, 1.165) is 22.6 Å². The molecule has 0 saturated heterocycles. The van der Waals surface area contributed by atoms with Crippen LogP contribution in [-0.4, -0.2) is 23.0 Å². The molecule has 2 amide bonds. The van der Waals surface area contributed by atoms with Gasteiger partial charge in [0.25, 0.3) is 0 Å². The zero-order valence-corrected chi connectivity index (χ0v) is 15.3. The van der Waals surface area contributed by atoms with Crippen LogP contribution in [-0.2, 0) is 19.7 Å². The number of urea groups is 1. The molecule has 0 atom stereocenters. The van der Waals surface area contributed by atoms with Gasteiger partial charge >= 0.3 is 6.03 Å². The van der Waals surface area contributed by atoms with Crippen LogP contribution in [0.2, 0.25) is 0 Å². The highest BCUT2D eigenvalue weighted by Gasteiger charge is 2.09. The van der Waals surface area contributed by atoms with Gasteiger partial charge in [0.2, 0.25) is 0 Å². The summed E-state index contributed by atoms with van der Waals surface area (Å²) >= 11 is 0. The third-order valence-electron chi connectivity index (χ3n) is 4.06. The second-order valence-electron chi connectivity index (χ2n) is 6.26. The Kier molecular flexibility index (Phi) is 6.41. The van der Waals surface area contributed by atoms with E-state index >= 15 is 0 Å². The molecule has 0 spiro atoms. The lowest BCUT2D eigenvalue weighted by Gasteiger charge is -2.17. The van der Waals surface area contributed by atoms with Crippen molar-refractivity contribution in [3.63, 3.8) is 0 Å². The number of nitrogens with zero attached hydrogens (tertiary/aromatic N) is 2. The summed E-state index contributed by atoms with van der Waals surface area (Å²) in [6.45, 7) is 1.42. The van der Waals surface area contributed by atoms with Gasteiger partial charge in [-0.05, 0) is 35.4 Å². The van der Waals surface area contributed by atoms with Gasteiger partial charge in [-0.3, -0.25) is 4.98 Å². The molecule has 0 radical (unpaired) electrons. The molecule has 0 aliphatic carbocycles. The minimum absolute atomic E-state index is 0.133. The van der Waals surface area contributed by atoms with Gasteiger partial charge < -0.3 is 15.0 Å². The molecule has 0 aliphatic rings. The van der Waals surface area contributed by atoms with Gasteiger partial charge in [-0.25, -0.2) is 4.79 Å². The van der Waals surface area contributed by atoms with Crippen LogP contribution in [0.1, 0.15) is 16.8 Å². The van der Waals surface area contributed by atoms with E-state index in [9.17, 15) is 4.79 Å². The van der Waals surface area contributed by atoms with Crippen LogP contribution in [0.3, 0.4) is 0 Å². The number of pyridine rings is 1. The van der Waals surface area contributed by atoms with E-state index in [-0.39, 0.29) is 6.03 Å². The molecule has 1 aromatic heterocycles. The van der Waals surface area contributed by atoms with Gasteiger partial charge in [0.1, 0.15) is 12.4 Å². The number of nitrogens with one attached hydrogen (secondary N) is 1. The summed E-state index contributed by atoms with van der Waals surface area (Å²) in [5, 5.41) is 2.94. The van der Waals surface area contributed by atoms with Gasteiger partial charge in [0.05, 0.1) is 12.2 Å². The van der Waals surface area contributed by atoms with E-state index in [1.165, 1.54) is 0 Å². The van der Waals surface area contributed by atoms with Gasteiger partial charge in [0.15, 0.2) is 0 Å². The number of para-hydroxylation sites is 1. The molecule has 0 saturated carbocycles. The molecule has 0 fully saturated rings. The first-order valence-corrected chi connectivity index (χ1v) is 8.85. The highest BCUT2D eigenvalue weighted by molar-refractivity contribution is 5.73. The van der Waals surface area contributed by atoms with Crippen LogP contribution in [0, 0.1) is 0 Å². The largest absolute Gasteiger partial charge is 0.489 e. The van der Waals surface area contributed by atoms with Crippen molar-refractivity contribution in [2.24, 2.45) is 0 Å². The molecule has 5 heteroatoms. The Bertz CT molecular complexity index is 854. The van der Waals surface area contributed by atoms with Gasteiger partial charge in [-0.2, -0.15) is 0 Å². The van der Waals surface area contributed by atoms with E-state index in [4.69, 9.17) is 4.74 Å². The number of hydrogen-bond acceptors (Lipinski definition) is 3. The van der Waals surface area contributed by atoms with E-state index in [1.807, 2.05) is 72.8 Å². The highest BCUT2D eigenvalue weighted by Crippen LogP contribution is 2.13. The second kappa shape index (κ2) is 9.38. The predicted octanol–water partition coefficient (Wildman–Crippen LogP) is 4.00. The van der Waals surface area contributed by atoms with Crippen molar-refractivity contribution in [3.05, 3.63) is 95.8 Å². The van der Waals surface area contributed by atoms with Gasteiger partial charge in [0, 0.05) is 19.8 Å². The Labute approximate surface area is 159 Å². The number of aromatic nitrogens is 1. The Morgan fingerprint density at radius 2 is 1.78 bits per heavy atom. The van der Waals surface area contributed by atoms with Crippen LogP contribution in [0.5, 0.6) is 5.75 Å². The number of benzene rings is 2. The molecule has 0 aliphatic heterocycles. The molecular formula is C22H23N3O2. The van der Waals surface area contributed by atoms with Crippen molar-refractivity contribution in [1.82, 2.24) is 15.2 Å². The lowest BCUT2D eigenvalue weighted by Crippen LogP contribution is -2.36. The predicted molar refractivity (Wildman–Crippen MR) is 105 cm³/mol. The highest BCUT2D eigenvalue weighted by atomic mass is 16.5. The van der Waals surface area contributed by atoms with E-state index < -0.39 is 0 Å². The molecule has 1 N–H and O–H groups in total. The lowest BCUT2D eigenvalue weighted by atomic mass is 10.1.